The molecule has 0 radical (unpaired) electrons. The van der Waals surface area contributed by atoms with Gasteiger partial charge >= 0.3 is 6.03 Å². The average molecular weight is 347 g/mol. The molecule has 1 unspecified atom stereocenters. The first-order valence-electron chi connectivity index (χ1n) is 7.50. The number of urea groups is 1. The van der Waals surface area contributed by atoms with Gasteiger partial charge in [-0.3, -0.25) is 4.79 Å². The third-order valence-corrected chi connectivity index (χ3v) is 4.37. The number of nitrogens with one attached hydrogen (secondary N) is 2. The van der Waals surface area contributed by atoms with Gasteiger partial charge in [-0.25, -0.2) is 4.79 Å². The molecule has 1 aromatic carbocycles. The SMILES string of the molecule is Cc1cc(C(C)NC(=O)Nc2ccc(OCC(N)=O)cc2)c(C)s1. The number of hydrogen-bond donors (Lipinski definition) is 3. The van der Waals surface area contributed by atoms with E-state index in [9.17, 15) is 9.59 Å². The number of rotatable bonds is 6. The summed E-state index contributed by atoms with van der Waals surface area (Å²) in [5.41, 5.74) is 6.77. The normalized spacial score (nSPS) is 11.6. The molecule has 0 aliphatic carbocycles. The Labute approximate surface area is 145 Å². The van der Waals surface area contributed by atoms with Crippen LogP contribution in [0, 0.1) is 13.8 Å². The van der Waals surface area contributed by atoms with Crippen molar-refractivity contribution in [1.82, 2.24) is 5.32 Å². The lowest BCUT2D eigenvalue weighted by Crippen LogP contribution is -2.31. The van der Waals surface area contributed by atoms with Gasteiger partial charge in [0.25, 0.3) is 5.91 Å². The lowest BCUT2D eigenvalue weighted by Gasteiger charge is -2.15. The number of ether oxygens (including phenoxy) is 1. The van der Waals surface area contributed by atoms with Crippen LogP contribution in [0.25, 0.3) is 0 Å². The molecule has 24 heavy (non-hydrogen) atoms. The van der Waals surface area contributed by atoms with Crippen molar-refractivity contribution in [3.05, 3.63) is 45.6 Å². The van der Waals surface area contributed by atoms with Crippen molar-refractivity contribution in [1.29, 1.82) is 0 Å². The second-order valence-corrected chi connectivity index (χ2v) is 6.93. The Balaban J connectivity index is 1.90. The van der Waals surface area contributed by atoms with E-state index in [0.29, 0.717) is 11.4 Å². The van der Waals surface area contributed by atoms with E-state index in [1.165, 1.54) is 9.75 Å². The highest BCUT2D eigenvalue weighted by atomic mass is 32.1. The summed E-state index contributed by atoms with van der Waals surface area (Å²) in [4.78, 5) is 25.2. The summed E-state index contributed by atoms with van der Waals surface area (Å²) in [6.45, 7) is 5.88. The minimum absolute atomic E-state index is 0.0758. The number of benzene rings is 1. The molecule has 4 N–H and O–H groups in total. The Hall–Kier alpha value is -2.54. The van der Waals surface area contributed by atoms with Gasteiger partial charge in [0.15, 0.2) is 6.61 Å². The Morgan fingerprint density at radius 2 is 1.92 bits per heavy atom. The first-order valence-corrected chi connectivity index (χ1v) is 8.32. The minimum Gasteiger partial charge on any atom is -0.484 e. The predicted octanol–water partition coefficient (Wildman–Crippen LogP) is 3.11. The number of aryl methyl sites for hydroxylation is 2. The summed E-state index contributed by atoms with van der Waals surface area (Å²) in [5.74, 6) is -0.0259. The van der Waals surface area contributed by atoms with Gasteiger partial charge in [0, 0.05) is 15.4 Å². The van der Waals surface area contributed by atoms with Gasteiger partial charge in [0.05, 0.1) is 6.04 Å². The molecule has 7 heteroatoms. The number of carbonyl (C=O) groups is 2. The lowest BCUT2D eigenvalue weighted by molar-refractivity contribution is -0.119. The second-order valence-electron chi connectivity index (χ2n) is 5.47. The van der Waals surface area contributed by atoms with E-state index in [1.54, 1.807) is 35.6 Å². The van der Waals surface area contributed by atoms with E-state index in [-0.39, 0.29) is 18.7 Å². The molecule has 0 saturated carbocycles. The highest BCUT2D eigenvalue weighted by Gasteiger charge is 2.13. The van der Waals surface area contributed by atoms with Crippen molar-refractivity contribution in [2.24, 2.45) is 5.73 Å². The van der Waals surface area contributed by atoms with Crippen molar-refractivity contribution in [3.63, 3.8) is 0 Å². The molecule has 3 amide bonds. The van der Waals surface area contributed by atoms with Crippen LogP contribution in [0.15, 0.2) is 30.3 Å². The Morgan fingerprint density at radius 3 is 2.46 bits per heavy atom. The maximum absolute atomic E-state index is 12.1. The molecule has 0 aliphatic heterocycles. The number of hydrogen-bond acceptors (Lipinski definition) is 4. The fourth-order valence-corrected chi connectivity index (χ4v) is 3.33. The van der Waals surface area contributed by atoms with Gasteiger partial charge < -0.3 is 21.1 Å². The second kappa shape index (κ2) is 7.83. The van der Waals surface area contributed by atoms with E-state index in [4.69, 9.17) is 10.5 Å². The number of nitrogens with two attached hydrogens (primary N) is 1. The smallest absolute Gasteiger partial charge is 0.319 e. The van der Waals surface area contributed by atoms with Gasteiger partial charge in [-0.15, -0.1) is 11.3 Å². The minimum atomic E-state index is -0.537. The molecule has 128 valence electrons. The van der Waals surface area contributed by atoms with Gasteiger partial charge in [-0.2, -0.15) is 0 Å². The predicted molar refractivity (Wildman–Crippen MR) is 95.5 cm³/mol. The Kier molecular flexibility index (Phi) is 5.81. The van der Waals surface area contributed by atoms with Crippen LogP contribution in [-0.4, -0.2) is 18.5 Å². The molecule has 2 aromatic rings. The maximum Gasteiger partial charge on any atom is 0.319 e. The maximum atomic E-state index is 12.1. The molecule has 2 rings (SSSR count). The molecule has 0 spiro atoms. The van der Waals surface area contributed by atoms with Gasteiger partial charge in [0.2, 0.25) is 0 Å². The summed E-state index contributed by atoms with van der Waals surface area (Å²) in [6, 6.07) is 8.45. The number of primary amides is 1. The Morgan fingerprint density at radius 1 is 1.25 bits per heavy atom. The molecule has 0 fully saturated rings. The zero-order valence-corrected chi connectivity index (χ0v) is 14.7. The summed E-state index contributed by atoms with van der Waals surface area (Å²) < 4.78 is 5.16. The van der Waals surface area contributed by atoms with Gasteiger partial charge in [-0.05, 0) is 56.7 Å². The molecule has 1 atom stereocenters. The van der Waals surface area contributed by atoms with Crippen LogP contribution in [0.2, 0.25) is 0 Å². The molecular weight excluding hydrogens is 326 g/mol. The van der Waals surface area contributed by atoms with Crippen LogP contribution in [0.5, 0.6) is 5.75 Å². The van der Waals surface area contributed by atoms with Crippen LogP contribution in [0.4, 0.5) is 10.5 Å². The average Bonchev–Trinajstić information content (AvgIpc) is 2.85. The standard InChI is InChI=1S/C17H21N3O3S/c1-10-8-15(12(3)24-10)11(2)19-17(22)20-13-4-6-14(7-5-13)23-9-16(18)21/h4-8,11H,9H2,1-3H3,(H2,18,21)(H2,19,20,22). The van der Waals surface area contributed by atoms with E-state index in [1.807, 2.05) is 13.8 Å². The quantitative estimate of drug-likeness (QED) is 0.749. The van der Waals surface area contributed by atoms with Crippen LogP contribution < -0.4 is 21.1 Å². The van der Waals surface area contributed by atoms with Crippen LogP contribution in [0.3, 0.4) is 0 Å². The number of carbonyl (C=O) groups excluding carboxylic acids is 2. The Bertz CT molecular complexity index is 725. The highest BCUT2D eigenvalue weighted by Crippen LogP contribution is 2.26. The summed E-state index contributed by atoms with van der Waals surface area (Å²) in [6.07, 6.45) is 0. The summed E-state index contributed by atoms with van der Waals surface area (Å²) in [7, 11) is 0. The summed E-state index contributed by atoms with van der Waals surface area (Å²) in [5, 5.41) is 5.68. The van der Waals surface area contributed by atoms with E-state index < -0.39 is 5.91 Å². The molecule has 0 saturated heterocycles. The largest absolute Gasteiger partial charge is 0.484 e. The highest BCUT2D eigenvalue weighted by molar-refractivity contribution is 7.12. The van der Waals surface area contributed by atoms with Crippen LogP contribution >= 0.6 is 11.3 Å². The van der Waals surface area contributed by atoms with Crippen molar-refractivity contribution in [2.75, 3.05) is 11.9 Å². The topological polar surface area (TPSA) is 93.4 Å². The van der Waals surface area contributed by atoms with Crippen LogP contribution in [-0.2, 0) is 4.79 Å². The molecule has 0 bridgehead atoms. The molecule has 1 aromatic heterocycles. The zero-order chi connectivity index (χ0) is 17.7. The fourth-order valence-electron chi connectivity index (χ4n) is 2.31. The third-order valence-electron chi connectivity index (χ3n) is 3.39. The number of thiophene rings is 1. The number of amides is 3. The third kappa shape index (κ3) is 4.99. The zero-order valence-electron chi connectivity index (χ0n) is 13.9. The van der Waals surface area contributed by atoms with Crippen LogP contribution in [0.1, 0.15) is 28.3 Å². The van der Waals surface area contributed by atoms with Gasteiger partial charge in [0.1, 0.15) is 5.75 Å². The van der Waals surface area contributed by atoms with Crippen molar-refractivity contribution < 1.29 is 14.3 Å². The molecular formula is C17H21N3O3S. The van der Waals surface area contributed by atoms with Crippen molar-refractivity contribution in [3.8, 4) is 5.75 Å². The van der Waals surface area contributed by atoms with Crippen molar-refractivity contribution >= 4 is 29.0 Å². The van der Waals surface area contributed by atoms with Gasteiger partial charge in [-0.1, -0.05) is 0 Å². The summed E-state index contributed by atoms with van der Waals surface area (Å²) >= 11 is 1.72. The molecule has 1 heterocycles. The fraction of sp³-hybridized carbons (Fsp3) is 0.294. The monoisotopic (exact) mass is 347 g/mol. The first kappa shape index (κ1) is 17.8. The van der Waals surface area contributed by atoms with E-state index >= 15 is 0 Å². The van der Waals surface area contributed by atoms with E-state index in [0.717, 1.165) is 5.56 Å². The number of anilines is 1. The van der Waals surface area contributed by atoms with E-state index in [2.05, 4.69) is 23.6 Å². The van der Waals surface area contributed by atoms with Crippen molar-refractivity contribution in [2.45, 2.75) is 26.8 Å². The first-order chi connectivity index (χ1) is 11.3. The molecule has 0 aliphatic rings. The molecule has 6 nitrogen and oxygen atoms in total. The lowest BCUT2D eigenvalue weighted by atomic mass is 10.1.